The fourth-order valence-corrected chi connectivity index (χ4v) is 11.0. The molecule has 0 aromatic rings. The topological polar surface area (TPSA) is 95.9 Å². The normalized spacial score (nSPS) is 12.7. The first-order valence-corrected chi connectivity index (χ1v) is 35.2. The molecule has 0 spiro atoms. The Morgan fingerprint density at radius 2 is 0.641 bits per heavy atom. The molecule has 3 N–H and O–H groups in total. The van der Waals surface area contributed by atoms with E-state index in [4.69, 9.17) is 4.74 Å². The van der Waals surface area contributed by atoms with E-state index in [0.717, 1.165) is 51.4 Å². The zero-order chi connectivity index (χ0) is 56.4. The van der Waals surface area contributed by atoms with E-state index in [2.05, 4.69) is 55.6 Å². The van der Waals surface area contributed by atoms with Crippen LogP contribution in [0.5, 0.6) is 0 Å². The number of esters is 1. The van der Waals surface area contributed by atoms with Gasteiger partial charge in [-0.2, -0.15) is 0 Å². The number of hydrogen-bond donors (Lipinski definition) is 3. The van der Waals surface area contributed by atoms with Gasteiger partial charge in [-0.05, 0) is 83.5 Å². The Morgan fingerprint density at radius 3 is 1.00 bits per heavy atom. The summed E-state index contributed by atoms with van der Waals surface area (Å²) in [5.41, 5.74) is 0. The number of rotatable bonds is 66. The van der Waals surface area contributed by atoms with Crippen molar-refractivity contribution in [3.63, 3.8) is 0 Å². The molecule has 6 nitrogen and oxygen atoms in total. The maximum absolute atomic E-state index is 12.5. The van der Waals surface area contributed by atoms with Crippen LogP contribution in [0, 0.1) is 0 Å². The van der Waals surface area contributed by atoms with Crippen LogP contribution in [0.3, 0.4) is 0 Å². The Labute approximate surface area is 487 Å². The maximum Gasteiger partial charge on any atom is 0.305 e. The molecule has 2 atom stereocenters. The Hall–Kier alpha value is -1.92. The molecule has 1 amide bonds. The summed E-state index contributed by atoms with van der Waals surface area (Å²) >= 11 is 0. The lowest BCUT2D eigenvalue weighted by Gasteiger charge is -2.22. The molecule has 0 aliphatic rings. The molecule has 0 aliphatic carbocycles. The van der Waals surface area contributed by atoms with Crippen LogP contribution in [-0.4, -0.2) is 47.4 Å². The smallest absolute Gasteiger partial charge is 0.305 e. The predicted octanol–water partition coefficient (Wildman–Crippen LogP) is 22.7. The van der Waals surface area contributed by atoms with Crippen LogP contribution in [0.2, 0.25) is 0 Å². The molecule has 0 radical (unpaired) electrons. The average molecular weight is 1100 g/mol. The number of carbonyl (C=O) groups excluding carboxylic acids is 2. The van der Waals surface area contributed by atoms with Crippen LogP contribution >= 0.6 is 0 Å². The van der Waals surface area contributed by atoms with Crippen molar-refractivity contribution >= 4 is 11.9 Å². The van der Waals surface area contributed by atoms with E-state index >= 15 is 0 Å². The molecule has 0 aromatic heterocycles. The highest BCUT2D eigenvalue weighted by molar-refractivity contribution is 5.76. The summed E-state index contributed by atoms with van der Waals surface area (Å²) in [6.07, 6.45) is 86.2. The summed E-state index contributed by atoms with van der Waals surface area (Å²) in [5, 5.41) is 23.4. The zero-order valence-electron chi connectivity index (χ0n) is 52.7. The Morgan fingerprint density at radius 1 is 0.359 bits per heavy atom. The van der Waals surface area contributed by atoms with Gasteiger partial charge in [-0.25, -0.2) is 0 Å². The van der Waals surface area contributed by atoms with Gasteiger partial charge in [0.05, 0.1) is 25.4 Å². The van der Waals surface area contributed by atoms with Gasteiger partial charge >= 0.3 is 5.97 Å². The third kappa shape index (κ3) is 63.3. The van der Waals surface area contributed by atoms with Crippen molar-refractivity contribution in [2.45, 2.75) is 398 Å². The lowest BCUT2D eigenvalue weighted by Crippen LogP contribution is -2.45. The minimum absolute atomic E-state index is 0.00421. The highest BCUT2D eigenvalue weighted by Crippen LogP contribution is 2.18. The molecule has 0 heterocycles. The lowest BCUT2D eigenvalue weighted by atomic mass is 10.0. The van der Waals surface area contributed by atoms with Gasteiger partial charge in [0.2, 0.25) is 5.91 Å². The van der Waals surface area contributed by atoms with E-state index in [9.17, 15) is 19.8 Å². The number of hydrogen-bond acceptors (Lipinski definition) is 5. The van der Waals surface area contributed by atoms with Crippen molar-refractivity contribution in [1.82, 2.24) is 5.32 Å². The van der Waals surface area contributed by atoms with Gasteiger partial charge in [-0.15, -0.1) is 0 Å². The third-order valence-corrected chi connectivity index (χ3v) is 16.4. The Bertz CT molecular complexity index is 1260. The minimum atomic E-state index is -0.664. The van der Waals surface area contributed by atoms with E-state index in [1.54, 1.807) is 0 Å². The van der Waals surface area contributed by atoms with E-state index in [0.29, 0.717) is 25.9 Å². The summed E-state index contributed by atoms with van der Waals surface area (Å²) in [7, 11) is 0. The quantitative estimate of drug-likeness (QED) is 0.0320. The molecule has 0 bridgehead atoms. The molecule has 78 heavy (non-hydrogen) atoms. The maximum atomic E-state index is 12.5. The van der Waals surface area contributed by atoms with Crippen molar-refractivity contribution in [1.29, 1.82) is 0 Å². The molecule has 0 fully saturated rings. The lowest BCUT2D eigenvalue weighted by molar-refractivity contribution is -0.143. The van der Waals surface area contributed by atoms with Gasteiger partial charge < -0.3 is 20.3 Å². The molecule has 0 rings (SSSR count). The van der Waals surface area contributed by atoms with E-state index < -0.39 is 12.1 Å². The summed E-state index contributed by atoms with van der Waals surface area (Å²) in [4.78, 5) is 24.6. The first kappa shape index (κ1) is 76.1. The fourth-order valence-electron chi connectivity index (χ4n) is 11.0. The molecule has 0 aliphatic heterocycles. The van der Waals surface area contributed by atoms with Gasteiger partial charge in [-0.1, -0.05) is 326 Å². The number of aliphatic hydroxyl groups excluding tert-OH is 2. The van der Waals surface area contributed by atoms with Gasteiger partial charge in [0.25, 0.3) is 0 Å². The predicted molar refractivity (Wildman–Crippen MR) is 343 cm³/mol. The molecule has 0 saturated heterocycles. The van der Waals surface area contributed by atoms with Crippen molar-refractivity contribution in [2.75, 3.05) is 13.2 Å². The monoisotopic (exact) mass is 1100 g/mol. The molecular formula is C72H137NO5. The van der Waals surface area contributed by atoms with E-state index in [1.807, 2.05) is 0 Å². The molecule has 6 heteroatoms. The number of aliphatic hydroxyl groups is 2. The van der Waals surface area contributed by atoms with Crippen LogP contribution in [0.25, 0.3) is 0 Å². The number of carbonyl (C=O) groups is 2. The van der Waals surface area contributed by atoms with Crippen molar-refractivity contribution in [2.24, 2.45) is 0 Å². The number of allylic oxidation sites excluding steroid dienone is 6. The largest absolute Gasteiger partial charge is 0.466 e. The van der Waals surface area contributed by atoms with Gasteiger partial charge in [0.1, 0.15) is 0 Å². The SMILES string of the molecule is CCCCCC/C=C\CCCCCCCC(=O)OCCCCCCCCCCC/C=C\C/C=C\CCCCCCCCCCCCCCCCCC(=O)NC(CO)C(O)CCCCCCCCCCCCCCCCCCC. The van der Waals surface area contributed by atoms with Crippen LogP contribution in [-0.2, 0) is 14.3 Å². The van der Waals surface area contributed by atoms with Crippen molar-refractivity contribution in [3.05, 3.63) is 36.5 Å². The van der Waals surface area contributed by atoms with E-state index in [1.165, 1.54) is 302 Å². The van der Waals surface area contributed by atoms with Crippen LogP contribution in [0.15, 0.2) is 36.5 Å². The highest BCUT2D eigenvalue weighted by atomic mass is 16.5. The fraction of sp³-hybridized carbons (Fsp3) is 0.889. The van der Waals surface area contributed by atoms with Gasteiger partial charge in [-0.3, -0.25) is 9.59 Å². The molecule has 2 unspecified atom stereocenters. The average Bonchev–Trinajstić information content (AvgIpc) is 3.44. The number of ether oxygens (including phenoxy) is 1. The second-order valence-corrected chi connectivity index (χ2v) is 24.2. The number of nitrogens with one attached hydrogen (secondary N) is 1. The first-order valence-electron chi connectivity index (χ1n) is 35.2. The summed E-state index contributed by atoms with van der Waals surface area (Å²) < 4.78 is 5.47. The van der Waals surface area contributed by atoms with Crippen molar-refractivity contribution < 1.29 is 24.5 Å². The number of unbranched alkanes of at least 4 members (excludes halogenated alkanes) is 49. The summed E-state index contributed by atoms with van der Waals surface area (Å²) in [6, 6.07) is -0.541. The Balaban J connectivity index is 3.39. The molecule has 0 saturated carbocycles. The van der Waals surface area contributed by atoms with Crippen LogP contribution in [0.1, 0.15) is 386 Å². The number of amides is 1. The highest BCUT2D eigenvalue weighted by Gasteiger charge is 2.20. The van der Waals surface area contributed by atoms with Crippen LogP contribution < -0.4 is 5.32 Å². The van der Waals surface area contributed by atoms with Crippen LogP contribution in [0.4, 0.5) is 0 Å². The Kier molecular flexibility index (Phi) is 65.9. The van der Waals surface area contributed by atoms with Gasteiger partial charge in [0, 0.05) is 12.8 Å². The van der Waals surface area contributed by atoms with Gasteiger partial charge in [0.15, 0.2) is 0 Å². The molecule has 460 valence electrons. The summed E-state index contributed by atoms with van der Waals surface area (Å²) in [5.74, 6) is -0.0270. The van der Waals surface area contributed by atoms with Crippen molar-refractivity contribution in [3.8, 4) is 0 Å². The summed E-state index contributed by atoms with van der Waals surface area (Å²) in [6.45, 7) is 4.96. The zero-order valence-corrected chi connectivity index (χ0v) is 52.7. The second kappa shape index (κ2) is 67.6. The molecule has 0 aromatic carbocycles. The first-order chi connectivity index (χ1) is 38.5. The standard InChI is InChI=1S/C72H137NO5/c1-3-5-7-9-11-13-15-17-18-34-37-41-44-48-52-56-60-64-70(75)69(68-74)73-71(76)65-61-57-53-49-45-42-38-35-32-30-28-26-24-22-20-19-21-23-25-27-29-31-33-36-39-43-47-51-55-59-63-67-78-72(77)66-62-58-54-50-46-40-16-14-12-10-8-6-4-2/h14,16,21,23,27,29,69-70,74-75H,3-13,15,17-20,22,24-26,28,30-68H2,1-2H3,(H,73,76)/b16-14-,23-21-,29-27-. The van der Waals surface area contributed by atoms with E-state index in [-0.39, 0.29) is 18.5 Å². The second-order valence-electron chi connectivity index (χ2n) is 24.2. The third-order valence-electron chi connectivity index (χ3n) is 16.4. The molecular weight excluding hydrogens is 959 g/mol. The minimum Gasteiger partial charge on any atom is -0.466 e.